The summed E-state index contributed by atoms with van der Waals surface area (Å²) in [6, 6.07) is 0. The number of alkyl halides is 4. The molecular weight excluding hydrogens is 280 g/mol. The Hall–Kier alpha value is -1.74. The molecule has 2 aliphatic rings. The third kappa shape index (κ3) is 3.61. The zero-order valence-electron chi connectivity index (χ0n) is 9.82. The number of ether oxygens (including phenoxy) is 4. The van der Waals surface area contributed by atoms with Crippen LogP contribution in [0.1, 0.15) is 20.3 Å². The van der Waals surface area contributed by atoms with Crippen molar-refractivity contribution in [3.63, 3.8) is 0 Å². The average Bonchev–Trinajstić information content (AvgIpc) is 2.62. The van der Waals surface area contributed by atoms with Gasteiger partial charge in [0.05, 0.1) is 0 Å². The quantitative estimate of drug-likeness (QED) is 0.546. The number of rotatable bonds is 1. The molecule has 110 valence electrons. The molecule has 0 amide bonds. The van der Waals surface area contributed by atoms with Gasteiger partial charge in [-0.25, -0.2) is 9.59 Å². The number of hydrogen-bond donors (Lipinski definition) is 0. The topological polar surface area (TPSA) is 71.1 Å². The Balaban J connectivity index is 0.000000191. The first-order valence-corrected chi connectivity index (χ1v) is 5.13. The van der Waals surface area contributed by atoms with Crippen molar-refractivity contribution < 1.29 is 46.1 Å². The highest BCUT2D eigenvalue weighted by atomic mass is 19.3. The number of carbonyl (C=O) groups excluding carboxylic acids is 2. The molecule has 0 N–H and O–H groups in total. The van der Waals surface area contributed by atoms with Crippen molar-refractivity contribution in [1.82, 2.24) is 0 Å². The van der Waals surface area contributed by atoms with E-state index in [1.54, 1.807) is 0 Å². The third-order valence-electron chi connectivity index (χ3n) is 2.17. The van der Waals surface area contributed by atoms with Crippen LogP contribution in [0.4, 0.5) is 27.2 Å². The van der Waals surface area contributed by atoms with Crippen molar-refractivity contribution in [2.75, 3.05) is 0 Å². The molecule has 0 aromatic rings. The predicted molar refractivity (Wildman–Crippen MR) is 48.6 cm³/mol. The highest BCUT2D eigenvalue weighted by Gasteiger charge is 2.52. The van der Waals surface area contributed by atoms with Gasteiger partial charge < -0.3 is 18.9 Å². The lowest BCUT2D eigenvalue weighted by Crippen LogP contribution is -2.28. The van der Waals surface area contributed by atoms with E-state index in [0.717, 1.165) is 6.92 Å². The van der Waals surface area contributed by atoms with Crippen molar-refractivity contribution in [2.24, 2.45) is 0 Å². The lowest BCUT2D eigenvalue weighted by molar-refractivity contribution is -0.198. The summed E-state index contributed by atoms with van der Waals surface area (Å²) in [5.74, 6) is 0. The molecule has 0 bridgehead atoms. The number of carbonyl (C=O) groups is 2. The van der Waals surface area contributed by atoms with Crippen molar-refractivity contribution >= 4 is 12.3 Å². The minimum atomic E-state index is -3.45. The van der Waals surface area contributed by atoms with Crippen LogP contribution in [0.5, 0.6) is 0 Å². The molecule has 6 nitrogen and oxygen atoms in total. The fourth-order valence-electron chi connectivity index (χ4n) is 1.14. The van der Waals surface area contributed by atoms with Gasteiger partial charge in [0.15, 0.2) is 0 Å². The van der Waals surface area contributed by atoms with Crippen LogP contribution in [-0.4, -0.2) is 36.7 Å². The molecular formula is C9H10F4O6. The molecule has 0 saturated carbocycles. The van der Waals surface area contributed by atoms with Crippen LogP contribution in [0.3, 0.4) is 0 Å². The molecule has 0 spiro atoms. The van der Waals surface area contributed by atoms with Crippen molar-refractivity contribution in [2.45, 2.75) is 44.7 Å². The van der Waals surface area contributed by atoms with Gasteiger partial charge in [0.2, 0.25) is 12.2 Å². The number of halogens is 4. The normalized spacial score (nSPS) is 30.4. The van der Waals surface area contributed by atoms with E-state index in [-0.39, 0.29) is 6.42 Å². The molecule has 10 heteroatoms. The molecule has 19 heavy (non-hydrogen) atoms. The zero-order valence-corrected chi connectivity index (χ0v) is 9.82. The average molecular weight is 290 g/mol. The van der Waals surface area contributed by atoms with Gasteiger partial charge in [0.1, 0.15) is 0 Å². The van der Waals surface area contributed by atoms with Gasteiger partial charge in [-0.15, -0.1) is 0 Å². The van der Waals surface area contributed by atoms with E-state index in [2.05, 4.69) is 18.9 Å². The van der Waals surface area contributed by atoms with Gasteiger partial charge in [-0.3, -0.25) is 0 Å². The minimum absolute atomic E-state index is 0.0543. The lowest BCUT2D eigenvalue weighted by atomic mass is 10.3. The van der Waals surface area contributed by atoms with E-state index in [4.69, 9.17) is 0 Å². The second-order valence-electron chi connectivity index (χ2n) is 3.60. The Kier molecular flexibility index (Phi) is 4.11. The van der Waals surface area contributed by atoms with Crippen molar-refractivity contribution in [3.8, 4) is 0 Å². The van der Waals surface area contributed by atoms with Crippen LogP contribution in [0.15, 0.2) is 0 Å². The monoisotopic (exact) mass is 290 g/mol. The molecule has 2 unspecified atom stereocenters. The minimum Gasteiger partial charge on any atom is -0.420 e. The summed E-state index contributed by atoms with van der Waals surface area (Å²) in [6.07, 6.45) is -12.3. The first-order valence-electron chi connectivity index (χ1n) is 5.13. The van der Waals surface area contributed by atoms with Crippen LogP contribution in [-0.2, 0) is 18.9 Å². The molecule has 2 saturated heterocycles. The Bertz CT molecular complexity index is 372. The van der Waals surface area contributed by atoms with Gasteiger partial charge in [-0.05, 0) is 13.3 Å². The van der Waals surface area contributed by atoms with Gasteiger partial charge >= 0.3 is 24.5 Å². The maximum atomic E-state index is 12.3. The number of cyclic esters (lactones) is 4. The van der Waals surface area contributed by atoms with Crippen LogP contribution < -0.4 is 0 Å². The van der Waals surface area contributed by atoms with Crippen LogP contribution in [0, 0.1) is 0 Å². The van der Waals surface area contributed by atoms with E-state index < -0.39 is 36.7 Å². The molecule has 0 radical (unpaired) electrons. The first kappa shape index (κ1) is 15.3. The van der Waals surface area contributed by atoms with Gasteiger partial charge in [-0.1, -0.05) is 6.92 Å². The highest BCUT2D eigenvalue weighted by Crippen LogP contribution is 2.31. The van der Waals surface area contributed by atoms with Crippen LogP contribution in [0.2, 0.25) is 0 Å². The summed E-state index contributed by atoms with van der Waals surface area (Å²) in [6.45, 7) is 2.55. The van der Waals surface area contributed by atoms with Gasteiger partial charge in [0, 0.05) is 0 Å². The van der Waals surface area contributed by atoms with Crippen molar-refractivity contribution in [3.05, 3.63) is 0 Å². The molecule has 2 heterocycles. The van der Waals surface area contributed by atoms with Crippen molar-refractivity contribution in [1.29, 1.82) is 0 Å². The Morgan fingerprint density at radius 1 is 1.00 bits per heavy atom. The first-order chi connectivity index (χ1) is 8.58. The second-order valence-corrected chi connectivity index (χ2v) is 3.60. The second kappa shape index (κ2) is 5.10. The molecule has 2 fully saturated rings. The van der Waals surface area contributed by atoms with E-state index >= 15 is 0 Å². The zero-order chi connectivity index (χ0) is 14.8. The molecule has 2 rings (SSSR count). The molecule has 0 aliphatic carbocycles. The fourth-order valence-corrected chi connectivity index (χ4v) is 1.14. The van der Waals surface area contributed by atoms with Crippen LogP contribution >= 0.6 is 0 Å². The Labute approximate surface area is 104 Å². The van der Waals surface area contributed by atoms with Crippen LogP contribution in [0.25, 0.3) is 0 Å². The maximum Gasteiger partial charge on any atom is 0.513 e. The van der Waals surface area contributed by atoms with E-state index in [1.807, 2.05) is 0 Å². The maximum absolute atomic E-state index is 12.3. The lowest BCUT2D eigenvalue weighted by Gasteiger charge is -2.09. The van der Waals surface area contributed by atoms with Gasteiger partial charge in [-0.2, -0.15) is 17.6 Å². The van der Waals surface area contributed by atoms with E-state index in [1.165, 1.54) is 6.92 Å². The molecule has 2 atom stereocenters. The summed E-state index contributed by atoms with van der Waals surface area (Å²) in [5, 5.41) is 0. The summed E-state index contributed by atoms with van der Waals surface area (Å²) in [4.78, 5) is 20.0. The predicted octanol–water partition coefficient (Wildman–Crippen LogP) is 2.66. The SMILES string of the molecule is CC1OC(=O)OC1(F)F.CCC1OC(=O)OC1(F)F. The summed E-state index contributed by atoms with van der Waals surface area (Å²) in [5.41, 5.74) is 0. The standard InChI is InChI=1S/C5H6F2O3.C4H4F2O3/c1-2-3-5(6,7)10-4(8)9-3;1-2-4(5,6)9-3(7)8-2/h3H,2H2,1H3;2H,1H3. The third-order valence-corrected chi connectivity index (χ3v) is 2.17. The van der Waals surface area contributed by atoms with E-state index in [9.17, 15) is 27.2 Å². The summed E-state index contributed by atoms with van der Waals surface area (Å²) in [7, 11) is 0. The smallest absolute Gasteiger partial charge is 0.420 e. The molecule has 0 aromatic heterocycles. The number of hydrogen-bond acceptors (Lipinski definition) is 6. The highest BCUT2D eigenvalue weighted by molar-refractivity contribution is 5.63. The molecule has 0 aromatic carbocycles. The van der Waals surface area contributed by atoms with Gasteiger partial charge in [0.25, 0.3) is 0 Å². The fraction of sp³-hybridized carbons (Fsp3) is 0.778. The molecule has 2 aliphatic heterocycles. The summed E-state index contributed by atoms with van der Waals surface area (Å²) < 4.78 is 63.7. The Morgan fingerprint density at radius 2 is 1.47 bits per heavy atom. The summed E-state index contributed by atoms with van der Waals surface area (Å²) >= 11 is 0. The largest absolute Gasteiger partial charge is 0.513 e. The Morgan fingerprint density at radius 3 is 1.63 bits per heavy atom. The van der Waals surface area contributed by atoms with E-state index in [0.29, 0.717) is 0 Å².